The zero-order chi connectivity index (χ0) is 22.4. The molecule has 0 aliphatic heterocycles. The van der Waals surface area contributed by atoms with Crippen molar-refractivity contribution in [2.45, 2.75) is 29.2 Å². The zero-order valence-electron chi connectivity index (χ0n) is 16.3. The molecule has 0 aliphatic rings. The zero-order valence-corrected chi connectivity index (χ0v) is 18.0. The first-order valence-electron chi connectivity index (χ1n) is 8.76. The van der Waals surface area contributed by atoms with E-state index in [2.05, 4.69) is 9.44 Å². The van der Waals surface area contributed by atoms with Crippen molar-refractivity contribution in [3.63, 3.8) is 0 Å². The van der Waals surface area contributed by atoms with Gasteiger partial charge in [-0.3, -0.25) is 10.0 Å². The van der Waals surface area contributed by atoms with Crippen LogP contribution < -0.4 is 19.7 Å². The van der Waals surface area contributed by atoms with Gasteiger partial charge < -0.3 is 4.74 Å². The molecule has 1 unspecified atom stereocenters. The summed E-state index contributed by atoms with van der Waals surface area (Å²) in [5.41, 5.74) is 2.27. The number of hydrogen-bond donors (Lipinski definition) is 4. The van der Waals surface area contributed by atoms with Crippen molar-refractivity contribution >= 4 is 26.0 Å². The summed E-state index contributed by atoms with van der Waals surface area (Å²) in [6, 6.07) is 10.2. The van der Waals surface area contributed by atoms with Crippen LogP contribution in [0.4, 0.5) is 0 Å². The molecule has 0 saturated carbocycles. The third-order valence-corrected chi connectivity index (χ3v) is 7.11. The van der Waals surface area contributed by atoms with Gasteiger partial charge in [-0.1, -0.05) is 17.7 Å². The number of hydrogen-bond acceptors (Lipinski definition) is 7. The second-order valence-electron chi connectivity index (χ2n) is 6.32. The maximum absolute atomic E-state index is 12.5. The highest BCUT2D eigenvalue weighted by molar-refractivity contribution is 7.89. The number of carbonyl (C=O) groups is 1. The number of ether oxygens (including phenoxy) is 1. The normalized spacial score (nSPS) is 12.9. The highest BCUT2D eigenvalue weighted by Gasteiger charge is 2.26. The van der Waals surface area contributed by atoms with Gasteiger partial charge in [-0.2, -0.15) is 4.72 Å². The van der Waals surface area contributed by atoms with E-state index in [0.717, 1.165) is 5.56 Å². The minimum atomic E-state index is -4.12. The lowest BCUT2D eigenvalue weighted by Gasteiger charge is -2.17. The molecular weight excluding hydrogens is 434 g/mol. The van der Waals surface area contributed by atoms with Crippen molar-refractivity contribution in [1.29, 1.82) is 0 Å². The molecule has 10 nitrogen and oxygen atoms in total. The van der Waals surface area contributed by atoms with Crippen LogP contribution in [0.25, 0.3) is 0 Å². The summed E-state index contributed by atoms with van der Waals surface area (Å²) in [5.74, 6) is -0.578. The average molecular weight is 458 g/mol. The minimum Gasteiger partial charge on any atom is -0.497 e. The molecule has 4 N–H and O–H groups in total. The van der Waals surface area contributed by atoms with E-state index in [1.807, 2.05) is 6.92 Å². The second kappa shape index (κ2) is 10.00. The molecule has 0 aliphatic carbocycles. The third-order valence-electron chi connectivity index (χ3n) is 4.15. The highest BCUT2D eigenvalue weighted by Crippen LogP contribution is 2.16. The Morgan fingerprint density at radius 1 is 0.967 bits per heavy atom. The van der Waals surface area contributed by atoms with Crippen molar-refractivity contribution in [1.82, 2.24) is 14.9 Å². The number of benzene rings is 2. The Morgan fingerprint density at radius 2 is 1.50 bits per heavy atom. The number of hydroxylamine groups is 1. The Hall–Kier alpha value is -2.51. The number of sulfonamides is 2. The van der Waals surface area contributed by atoms with E-state index in [1.54, 1.807) is 12.1 Å². The summed E-state index contributed by atoms with van der Waals surface area (Å²) < 4.78 is 59.1. The van der Waals surface area contributed by atoms with Gasteiger partial charge in [0.2, 0.25) is 20.0 Å². The average Bonchev–Trinajstić information content (AvgIpc) is 2.72. The smallest absolute Gasteiger partial charge is 0.261 e. The fourth-order valence-corrected chi connectivity index (χ4v) is 4.75. The largest absolute Gasteiger partial charge is 0.497 e. The molecule has 0 saturated heterocycles. The van der Waals surface area contributed by atoms with Crippen LogP contribution in [0.15, 0.2) is 58.3 Å². The van der Waals surface area contributed by atoms with E-state index < -0.39 is 32.0 Å². The number of aryl methyl sites for hydroxylation is 1. The summed E-state index contributed by atoms with van der Waals surface area (Å²) in [6.07, 6.45) is -0.243. The molecule has 2 rings (SSSR count). The van der Waals surface area contributed by atoms with E-state index in [4.69, 9.17) is 9.94 Å². The molecule has 0 spiro atoms. The summed E-state index contributed by atoms with van der Waals surface area (Å²) in [4.78, 5) is 11.8. The van der Waals surface area contributed by atoms with Crippen molar-refractivity contribution in [3.05, 3.63) is 54.1 Å². The molecule has 0 aromatic heterocycles. The predicted octanol–water partition coefficient (Wildman–Crippen LogP) is 0.525. The minimum absolute atomic E-state index is 0.0371. The summed E-state index contributed by atoms with van der Waals surface area (Å²) in [7, 11) is -6.53. The van der Waals surface area contributed by atoms with Gasteiger partial charge in [0.1, 0.15) is 11.8 Å². The van der Waals surface area contributed by atoms with E-state index in [0.29, 0.717) is 5.75 Å². The maximum Gasteiger partial charge on any atom is 0.261 e. The van der Waals surface area contributed by atoms with E-state index in [9.17, 15) is 21.6 Å². The van der Waals surface area contributed by atoms with Gasteiger partial charge in [-0.15, -0.1) is 0 Å². The molecule has 0 fully saturated rings. The first-order chi connectivity index (χ1) is 14.1. The van der Waals surface area contributed by atoms with Crippen LogP contribution in [0.2, 0.25) is 0 Å². The number of amides is 1. The SMILES string of the molecule is COc1ccc(S(=O)(=O)NC(CCNS(=O)(=O)c2ccc(C)cc2)C(=O)NO)cc1. The van der Waals surface area contributed by atoms with Gasteiger partial charge in [0.15, 0.2) is 0 Å². The van der Waals surface area contributed by atoms with Crippen LogP contribution in [-0.4, -0.2) is 47.6 Å². The molecule has 0 bridgehead atoms. The lowest BCUT2D eigenvalue weighted by Crippen LogP contribution is -2.47. The van der Waals surface area contributed by atoms with Gasteiger partial charge in [-0.25, -0.2) is 27.0 Å². The van der Waals surface area contributed by atoms with Gasteiger partial charge >= 0.3 is 0 Å². The molecular formula is C18H23N3O7S2. The first-order valence-corrected chi connectivity index (χ1v) is 11.7. The Balaban J connectivity index is 2.08. The molecule has 1 atom stereocenters. The molecule has 2 aromatic rings. The van der Waals surface area contributed by atoms with Crippen LogP contribution in [0.3, 0.4) is 0 Å². The Labute approximate surface area is 175 Å². The van der Waals surface area contributed by atoms with Crippen molar-refractivity contribution in [2.75, 3.05) is 13.7 Å². The summed E-state index contributed by atoms with van der Waals surface area (Å²) >= 11 is 0. The number of methoxy groups -OCH3 is 1. The van der Waals surface area contributed by atoms with Crippen molar-refractivity contribution in [2.24, 2.45) is 0 Å². The molecule has 2 aromatic carbocycles. The van der Waals surface area contributed by atoms with Gasteiger partial charge in [-0.05, 0) is 49.7 Å². The van der Waals surface area contributed by atoms with E-state index in [-0.39, 0.29) is 22.8 Å². The topological polar surface area (TPSA) is 151 Å². The monoisotopic (exact) mass is 457 g/mol. The second-order valence-corrected chi connectivity index (χ2v) is 9.81. The first kappa shape index (κ1) is 23.8. The van der Waals surface area contributed by atoms with Crippen LogP contribution in [0.5, 0.6) is 5.75 Å². The predicted molar refractivity (Wildman–Crippen MR) is 108 cm³/mol. The van der Waals surface area contributed by atoms with Crippen LogP contribution >= 0.6 is 0 Å². The standard InChI is InChI=1S/C18H23N3O7S2/c1-13-3-7-15(8-4-13)29(24,25)19-12-11-17(18(22)20-23)21-30(26,27)16-9-5-14(28-2)6-10-16/h3-10,17,19,21,23H,11-12H2,1-2H3,(H,20,22). The lowest BCUT2D eigenvalue weighted by atomic mass is 10.2. The fourth-order valence-electron chi connectivity index (χ4n) is 2.47. The molecule has 1 amide bonds. The molecule has 12 heteroatoms. The quantitative estimate of drug-likeness (QED) is 0.300. The molecule has 164 valence electrons. The van der Waals surface area contributed by atoms with Gasteiger partial charge in [0.05, 0.1) is 16.9 Å². The number of carbonyl (C=O) groups excluding carboxylic acids is 1. The Kier molecular flexibility index (Phi) is 7.92. The van der Waals surface area contributed by atoms with E-state index in [1.165, 1.54) is 49.0 Å². The van der Waals surface area contributed by atoms with Gasteiger partial charge in [0, 0.05) is 6.54 Å². The molecule has 0 heterocycles. The van der Waals surface area contributed by atoms with Crippen molar-refractivity contribution in [3.8, 4) is 5.75 Å². The Morgan fingerprint density at radius 3 is 2.03 bits per heavy atom. The number of rotatable bonds is 10. The lowest BCUT2D eigenvalue weighted by molar-refractivity contribution is -0.131. The fraction of sp³-hybridized carbons (Fsp3) is 0.278. The van der Waals surface area contributed by atoms with E-state index >= 15 is 0 Å². The molecule has 30 heavy (non-hydrogen) atoms. The highest BCUT2D eigenvalue weighted by atomic mass is 32.2. The summed E-state index contributed by atoms with van der Waals surface area (Å²) in [5, 5.41) is 8.91. The van der Waals surface area contributed by atoms with Crippen LogP contribution in [0.1, 0.15) is 12.0 Å². The maximum atomic E-state index is 12.5. The van der Waals surface area contributed by atoms with Crippen molar-refractivity contribution < 1.29 is 31.6 Å². The third kappa shape index (κ3) is 6.24. The number of nitrogens with one attached hydrogen (secondary N) is 3. The van der Waals surface area contributed by atoms with Gasteiger partial charge in [0.25, 0.3) is 5.91 Å². The Bertz CT molecular complexity index is 1070. The van der Waals surface area contributed by atoms with Crippen LogP contribution in [0, 0.1) is 6.92 Å². The summed E-state index contributed by atoms with van der Waals surface area (Å²) in [6.45, 7) is 1.57. The van der Waals surface area contributed by atoms with Crippen LogP contribution in [-0.2, 0) is 24.8 Å². The molecule has 0 radical (unpaired) electrons.